The number of ketones is 3. The number of hydrogen-bond donors (Lipinski definition) is 5. The molecule has 0 amide bonds. The van der Waals surface area contributed by atoms with Crippen molar-refractivity contribution in [2.75, 3.05) is 13.7 Å². The molecule has 0 spiro atoms. The van der Waals surface area contributed by atoms with Crippen LogP contribution in [0.25, 0.3) is 0 Å². The van der Waals surface area contributed by atoms with E-state index in [-0.39, 0.29) is 58.4 Å². The first-order valence-electron chi connectivity index (χ1n) is 12.3. The van der Waals surface area contributed by atoms with Gasteiger partial charge in [0.2, 0.25) is 5.78 Å². The van der Waals surface area contributed by atoms with Gasteiger partial charge in [-0.1, -0.05) is 12.1 Å². The quantitative estimate of drug-likeness (QED) is 0.297. The normalized spacial score (nSPS) is 28.3. The minimum Gasteiger partial charge on any atom is -0.507 e. The van der Waals surface area contributed by atoms with Gasteiger partial charge in [0.1, 0.15) is 23.9 Å². The third-order valence-electron chi connectivity index (χ3n) is 7.71. The number of fused-ring (bicyclic) bond motifs is 3. The van der Waals surface area contributed by atoms with E-state index < -0.39 is 72.0 Å². The molecule has 0 bridgehead atoms. The van der Waals surface area contributed by atoms with Crippen LogP contribution in [0.2, 0.25) is 0 Å². The Kier molecular flexibility index (Phi) is 6.74. The fourth-order valence-corrected chi connectivity index (χ4v) is 5.73. The van der Waals surface area contributed by atoms with E-state index in [2.05, 4.69) is 0 Å². The number of hydrogen-bond acceptors (Lipinski definition) is 11. The van der Waals surface area contributed by atoms with Crippen molar-refractivity contribution in [1.82, 2.24) is 0 Å². The Balaban J connectivity index is 1.65. The Morgan fingerprint density at radius 3 is 2.47 bits per heavy atom. The third-order valence-corrected chi connectivity index (χ3v) is 7.71. The second-order valence-corrected chi connectivity index (χ2v) is 9.93. The number of ether oxygens (including phenoxy) is 3. The van der Waals surface area contributed by atoms with Crippen molar-refractivity contribution in [2.24, 2.45) is 11.7 Å². The molecule has 1 saturated heterocycles. The zero-order chi connectivity index (χ0) is 27.5. The summed E-state index contributed by atoms with van der Waals surface area (Å²) >= 11 is 0. The Hall–Kier alpha value is -3.35. The summed E-state index contributed by atoms with van der Waals surface area (Å²) in [4.78, 5) is 39.6. The predicted molar refractivity (Wildman–Crippen MR) is 130 cm³/mol. The second kappa shape index (κ2) is 9.75. The molecule has 2 aliphatic carbocycles. The highest BCUT2D eigenvalue weighted by atomic mass is 16.7. The van der Waals surface area contributed by atoms with Crippen LogP contribution in [0, 0.1) is 5.92 Å². The summed E-state index contributed by atoms with van der Waals surface area (Å²) in [7, 11) is 1.35. The van der Waals surface area contributed by atoms with Gasteiger partial charge in [-0.05, 0) is 25.8 Å². The summed E-state index contributed by atoms with van der Waals surface area (Å²) in [5, 5.41) is 42.4. The van der Waals surface area contributed by atoms with Gasteiger partial charge < -0.3 is 40.4 Å². The first-order chi connectivity index (χ1) is 18.1. The number of phenols is 2. The largest absolute Gasteiger partial charge is 0.507 e. The molecule has 11 heteroatoms. The van der Waals surface area contributed by atoms with Crippen molar-refractivity contribution in [3.8, 4) is 17.2 Å². The molecule has 0 aromatic heterocycles. The number of aromatic hydroxyl groups is 2. The van der Waals surface area contributed by atoms with Crippen molar-refractivity contribution in [2.45, 2.75) is 56.8 Å². The first-order valence-corrected chi connectivity index (χ1v) is 12.3. The van der Waals surface area contributed by atoms with Crippen molar-refractivity contribution >= 4 is 17.3 Å². The van der Waals surface area contributed by atoms with Crippen LogP contribution < -0.4 is 10.5 Å². The van der Waals surface area contributed by atoms with E-state index in [1.807, 2.05) is 0 Å². The summed E-state index contributed by atoms with van der Waals surface area (Å²) in [5.41, 5.74) is 5.39. The maximum atomic E-state index is 13.6. The molecule has 2 aromatic rings. The van der Waals surface area contributed by atoms with Gasteiger partial charge >= 0.3 is 0 Å². The van der Waals surface area contributed by atoms with Gasteiger partial charge in [0.15, 0.2) is 17.9 Å². The van der Waals surface area contributed by atoms with E-state index >= 15 is 0 Å². The van der Waals surface area contributed by atoms with Crippen LogP contribution in [0.3, 0.4) is 0 Å². The lowest BCUT2D eigenvalue weighted by molar-refractivity contribution is -0.243. The fourth-order valence-electron chi connectivity index (χ4n) is 5.73. The Morgan fingerprint density at radius 2 is 1.82 bits per heavy atom. The van der Waals surface area contributed by atoms with Gasteiger partial charge in [0.05, 0.1) is 42.1 Å². The molecule has 1 heterocycles. The minimum atomic E-state index is -1.06. The Morgan fingerprint density at radius 1 is 1.11 bits per heavy atom. The standard InChI is InChI=1S/C27H29NO10/c1-10-23(31)14(28)8-18(37-10)38-17-7-11(15(30)9-29)6-13-20(17)27(35)22-21(25(13)33)24(32)12-4-3-5-16(36-2)19(12)26(22)34/h3-5,10-11,14,17-18,23,29,31,33,35H,6-9,28H2,1-2H3/t10-,11+,14-,17-,18-,23+/m0/s1. The number of carbonyl (C=O) groups excluding carboxylic acids is 3. The zero-order valence-corrected chi connectivity index (χ0v) is 20.8. The highest BCUT2D eigenvalue weighted by Crippen LogP contribution is 2.51. The number of phenolic OH excluding ortho intramolecular Hbond substituents is 2. The molecule has 1 aliphatic heterocycles. The van der Waals surface area contributed by atoms with Crippen molar-refractivity contribution in [1.29, 1.82) is 0 Å². The number of aliphatic hydroxyl groups is 2. The lowest BCUT2D eigenvalue weighted by Crippen LogP contribution is -2.52. The molecule has 6 atom stereocenters. The highest BCUT2D eigenvalue weighted by molar-refractivity contribution is 6.31. The van der Waals surface area contributed by atoms with Gasteiger partial charge in [-0.3, -0.25) is 14.4 Å². The number of rotatable bonds is 5. The number of nitrogens with two attached hydrogens (primary N) is 1. The van der Waals surface area contributed by atoms with Crippen LogP contribution in [-0.2, 0) is 20.7 Å². The molecule has 5 rings (SSSR count). The third kappa shape index (κ3) is 3.98. The predicted octanol–water partition coefficient (Wildman–Crippen LogP) is 0.886. The fraction of sp³-hybridized carbons (Fsp3) is 0.444. The number of methoxy groups -OCH3 is 1. The van der Waals surface area contributed by atoms with Gasteiger partial charge in [-0.25, -0.2) is 0 Å². The van der Waals surface area contributed by atoms with Crippen LogP contribution in [0.4, 0.5) is 0 Å². The van der Waals surface area contributed by atoms with E-state index in [1.165, 1.54) is 25.3 Å². The summed E-state index contributed by atoms with van der Waals surface area (Å²) in [6, 6.07) is 3.83. The smallest absolute Gasteiger partial charge is 0.202 e. The number of Topliss-reactive ketones (excluding diaryl/α,β-unsaturated/α-hetero) is 1. The van der Waals surface area contributed by atoms with E-state index in [9.17, 15) is 34.8 Å². The molecule has 0 unspecified atom stereocenters. The maximum absolute atomic E-state index is 13.6. The molecule has 202 valence electrons. The van der Waals surface area contributed by atoms with E-state index in [0.717, 1.165) is 0 Å². The maximum Gasteiger partial charge on any atom is 0.202 e. The summed E-state index contributed by atoms with van der Waals surface area (Å²) in [5.74, 6) is -3.64. The molecule has 0 saturated carbocycles. The second-order valence-electron chi connectivity index (χ2n) is 9.93. The molecular weight excluding hydrogens is 498 g/mol. The van der Waals surface area contributed by atoms with Gasteiger partial charge in [0.25, 0.3) is 0 Å². The molecular formula is C27H29NO10. The average Bonchev–Trinajstić information content (AvgIpc) is 2.90. The van der Waals surface area contributed by atoms with Crippen molar-refractivity contribution < 1.29 is 49.0 Å². The lowest BCUT2D eigenvalue weighted by atomic mass is 9.73. The summed E-state index contributed by atoms with van der Waals surface area (Å²) in [6.07, 6.45) is -3.54. The minimum absolute atomic E-state index is 0.00621. The number of aliphatic hydroxyl groups excluding tert-OH is 2. The first kappa shape index (κ1) is 26.3. The number of benzene rings is 2. The van der Waals surface area contributed by atoms with Gasteiger partial charge in [-0.15, -0.1) is 0 Å². The van der Waals surface area contributed by atoms with Crippen molar-refractivity contribution in [3.63, 3.8) is 0 Å². The zero-order valence-electron chi connectivity index (χ0n) is 20.8. The Bertz CT molecular complexity index is 1330. The molecule has 11 nitrogen and oxygen atoms in total. The molecule has 0 radical (unpaired) electrons. The topological polar surface area (TPSA) is 186 Å². The van der Waals surface area contributed by atoms with Gasteiger partial charge in [-0.2, -0.15) is 0 Å². The SMILES string of the molecule is COc1cccc2c1C(=O)c1c(O)c3c(c(O)c1C2=O)C[C@@H](C(=O)CO)C[C@@H]3O[C@H]1C[C@H](N)[C@H](O)[C@H](C)O1. The molecule has 2 aromatic carbocycles. The Labute approximate surface area is 217 Å². The van der Waals surface area contributed by atoms with Crippen molar-refractivity contribution in [3.05, 3.63) is 51.6 Å². The monoisotopic (exact) mass is 527 g/mol. The van der Waals surface area contributed by atoms with Crippen LogP contribution in [0.1, 0.15) is 68.8 Å². The van der Waals surface area contributed by atoms with E-state index in [0.29, 0.717) is 0 Å². The van der Waals surface area contributed by atoms with Crippen LogP contribution in [0.5, 0.6) is 17.2 Å². The summed E-state index contributed by atoms with van der Waals surface area (Å²) < 4.78 is 17.2. The molecule has 6 N–H and O–H groups in total. The lowest BCUT2D eigenvalue weighted by Gasteiger charge is -2.40. The van der Waals surface area contributed by atoms with Crippen LogP contribution in [-0.4, -0.2) is 76.0 Å². The van der Waals surface area contributed by atoms with Gasteiger partial charge in [0, 0.05) is 35.1 Å². The average molecular weight is 528 g/mol. The van der Waals surface area contributed by atoms with E-state index in [1.54, 1.807) is 6.92 Å². The highest BCUT2D eigenvalue weighted by Gasteiger charge is 2.45. The van der Waals surface area contributed by atoms with Crippen LogP contribution >= 0.6 is 0 Å². The molecule has 1 fully saturated rings. The number of carbonyl (C=O) groups is 3. The molecule has 38 heavy (non-hydrogen) atoms. The summed E-state index contributed by atoms with van der Waals surface area (Å²) in [6.45, 7) is 0.880. The van der Waals surface area contributed by atoms with Crippen LogP contribution in [0.15, 0.2) is 18.2 Å². The molecule has 3 aliphatic rings. The van der Waals surface area contributed by atoms with E-state index in [4.69, 9.17) is 19.9 Å².